The summed E-state index contributed by atoms with van der Waals surface area (Å²) in [6, 6.07) is 13.1. The number of carbonyl (C=O) groups is 1. The monoisotopic (exact) mass is 362 g/mol. The standard InChI is InChI=1S/C18H22N2O4S/c1-4-12-24-15-9-7-8-14(13-15)18(21)19-16-10-5-6-11-17(16)25(22,23)20(2)3/h5-11,13H,4,12H2,1-3H3,(H,19,21). The van der Waals surface area contributed by atoms with E-state index in [9.17, 15) is 13.2 Å². The molecule has 134 valence electrons. The lowest BCUT2D eigenvalue weighted by atomic mass is 10.2. The van der Waals surface area contributed by atoms with Crippen LogP contribution in [0.2, 0.25) is 0 Å². The Balaban J connectivity index is 2.28. The molecule has 0 radical (unpaired) electrons. The average Bonchev–Trinajstić information content (AvgIpc) is 2.60. The van der Waals surface area contributed by atoms with Crippen molar-refractivity contribution in [2.75, 3.05) is 26.0 Å². The minimum absolute atomic E-state index is 0.0479. The normalized spacial score (nSPS) is 11.4. The number of amides is 1. The van der Waals surface area contributed by atoms with E-state index in [1.807, 2.05) is 6.92 Å². The first-order valence-corrected chi connectivity index (χ1v) is 9.36. The van der Waals surface area contributed by atoms with Crippen molar-refractivity contribution >= 4 is 21.6 Å². The Kier molecular flexibility index (Phi) is 6.17. The van der Waals surface area contributed by atoms with E-state index in [0.717, 1.165) is 10.7 Å². The van der Waals surface area contributed by atoms with Crippen LogP contribution in [0.5, 0.6) is 5.75 Å². The fourth-order valence-electron chi connectivity index (χ4n) is 2.13. The van der Waals surface area contributed by atoms with Gasteiger partial charge in [0.1, 0.15) is 10.6 Å². The van der Waals surface area contributed by atoms with Crippen LogP contribution in [0.25, 0.3) is 0 Å². The fraction of sp³-hybridized carbons (Fsp3) is 0.278. The van der Waals surface area contributed by atoms with Gasteiger partial charge < -0.3 is 10.1 Å². The van der Waals surface area contributed by atoms with Gasteiger partial charge in [0.15, 0.2) is 0 Å². The lowest BCUT2D eigenvalue weighted by Gasteiger charge is -2.15. The first kappa shape index (κ1) is 19.0. The van der Waals surface area contributed by atoms with Crippen LogP contribution in [0.3, 0.4) is 0 Å². The molecule has 0 heterocycles. The van der Waals surface area contributed by atoms with Crippen LogP contribution in [0, 0.1) is 0 Å². The largest absolute Gasteiger partial charge is 0.494 e. The summed E-state index contributed by atoms with van der Waals surface area (Å²) >= 11 is 0. The van der Waals surface area contributed by atoms with E-state index in [1.165, 1.54) is 20.2 Å². The Morgan fingerprint density at radius 3 is 2.52 bits per heavy atom. The quantitative estimate of drug-likeness (QED) is 0.822. The van der Waals surface area contributed by atoms with Crippen molar-refractivity contribution in [3.05, 3.63) is 54.1 Å². The third-order valence-electron chi connectivity index (χ3n) is 3.46. The number of rotatable bonds is 7. The maximum absolute atomic E-state index is 12.5. The number of ether oxygens (including phenoxy) is 1. The SMILES string of the molecule is CCCOc1cccc(C(=O)Nc2ccccc2S(=O)(=O)N(C)C)c1. The maximum Gasteiger partial charge on any atom is 0.255 e. The Hall–Kier alpha value is -2.38. The molecule has 0 saturated carbocycles. The molecular weight excluding hydrogens is 340 g/mol. The molecule has 1 amide bonds. The average molecular weight is 362 g/mol. The minimum atomic E-state index is -3.66. The second-order valence-electron chi connectivity index (χ2n) is 5.61. The van der Waals surface area contributed by atoms with Gasteiger partial charge in [0.25, 0.3) is 5.91 Å². The molecule has 2 aromatic carbocycles. The predicted octanol–water partition coefficient (Wildman–Crippen LogP) is 2.98. The molecular formula is C18H22N2O4S. The molecule has 2 rings (SSSR count). The molecule has 2 aromatic rings. The van der Waals surface area contributed by atoms with E-state index in [-0.39, 0.29) is 10.6 Å². The predicted molar refractivity (Wildman–Crippen MR) is 97.5 cm³/mol. The van der Waals surface area contributed by atoms with E-state index in [0.29, 0.717) is 17.9 Å². The first-order valence-electron chi connectivity index (χ1n) is 7.92. The minimum Gasteiger partial charge on any atom is -0.494 e. The highest BCUT2D eigenvalue weighted by Crippen LogP contribution is 2.24. The lowest BCUT2D eigenvalue weighted by Crippen LogP contribution is -2.24. The van der Waals surface area contributed by atoms with Gasteiger partial charge in [-0.25, -0.2) is 12.7 Å². The molecule has 0 saturated heterocycles. The van der Waals surface area contributed by atoms with Crippen LogP contribution >= 0.6 is 0 Å². The molecule has 0 aliphatic carbocycles. The first-order chi connectivity index (χ1) is 11.9. The summed E-state index contributed by atoms with van der Waals surface area (Å²) in [5.41, 5.74) is 0.631. The van der Waals surface area contributed by atoms with Gasteiger partial charge in [-0.2, -0.15) is 0 Å². The summed E-state index contributed by atoms with van der Waals surface area (Å²) < 4.78 is 31.4. The van der Waals surface area contributed by atoms with Gasteiger partial charge in [-0.05, 0) is 36.8 Å². The second-order valence-corrected chi connectivity index (χ2v) is 7.73. The molecule has 0 aromatic heterocycles. The third kappa shape index (κ3) is 4.58. The van der Waals surface area contributed by atoms with Crippen molar-refractivity contribution in [3.63, 3.8) is 0 Å². The van der Waals surface area contributed by atoms with E-state index in [4.69, 9.17) is 4.74 Å². The molecule has 6 nitrogen and oxygen atoms in total. The van der Waals surface area contributed by atoms with Crippen LogP contribution in [-0.2, 0) is 10.0 Å². The Bertz CT molecular complexity index is 848. The van der Waals surface area contributed by atoms with Crippen molar-refractivity contribution in [1.29, 1.82) is 0 Å². The van der Waals surface area contributed by atoms with Crippen LogP contribution in [0.15, 0.2) is 53.4 Å². The molecule has 0 aliphatic heterocycles. The van der Waals surface area contributed by atoms with E-state index >= 15 is 0 Å². The van der Waals surface area contributed by atoms with Crippen LogP contribution in [-0.4, -0.2) is 39.3 Å². The smallest absolute Gasteiger partial charge is 0.255 e. The number of hydrogen-bond donors (Lipinski definition) is 1. The summed E-state index contributed by atoms with van der Waals surface area (Å²) in [6.07, 6.45) is 0.867. The number of hydrogen-bond acceptors (Lipinski definition) is 4. The van der Waals surface area contributed by atoms with Crippen molar-refractivity contribution < 1.29 is 17.9 Å². The second kappa shape index (κ2) is 8.13. The lowest BCUT2D eigenvalue weighted by molar-refractivity contribution is 0.102. The molecule has 0 fully saturated rings. The number of para-hydroxylation sites is 1. The van der Waals surface area contributed by atoms with Gasteiger partial charge in [0, 0.05) is 19.7 Å². The highest BCUT2D eigenvalue weighted by molar-refractivity contribution is 7.89. The summed E-state index contributed by atoms with van der Waals surface area (Å²) in [7, 11) is -0.768. The molecule has 0 bridgehead atoms. The number of nitrogens with one attached hydrogen (secondary N) is 1. The Morgan fingerprint density at radius 2 is 1.84 bits per heavy atom. The summed E-state index contributed by atoms with van der Waals surface area (Å²) in [5.74, 6) is 0.201. The molecule has 0 atom stereocenters. The van der Waals surface area contributed by atoms with Gasteiger partial charge in [0.2, 0.25) is 10.0 Å². The fourth-order valence-corrected chi connectivity index (χ4v) is 3.17. The third-order valence-corrected chi connectivity index (χ3v) is 5.34. The molecule has 0 unspecified atom stereocenters. The number of benzene rings is 2. The summed E-state index contributed by atoms with van der Waals surface area (Å²) in [4.78, 5) is 12.6. The zero-order valence-corrected chi connectivity index (χ0v) is 15.3. The Labute approximate surface area is 148 Å². The molecule has 7 heteroatoms. The number of nitrogens with zero attached hydrogens (tertiary/aromatic N) is 1. The molecule has 0 aliphatic rings. The Morgan fingerprint density at radius 1 is 1.12 bits per heavy atom. The van der Waals surface area contributed by atoms with Gasteiger partial charge in [0.05, 0.1) is 12.3 Å². The topological polar surface area (TPSA) is 75.7 Å². The zero-order valence-electron chi connectivity index (χ0n) is 14.5. The molecule has 1 N–H and O–H groups in total. The van der Waals surface area contributed by atoms with Crippen molar-refractivity contribution in [2.45, 2.75) is 18.2 Å². The number of anilines is 1. The molecule has 25 heavy (non-hydrogen) atoms. The van der Waals surface area contributed by atoms with Gasteiger partial charge in [-0.3, -0.25) is 4.79 Å². The van der Waals surface area contributed by atoms with Crippen LogP contribution < -0.4 is 10.1 Å². The highest BCUT2D eigenvalue weighted by atomic mass is 32.2. The maximum atomic E-state index is 12.5. The zero-order chi connectivity index (χ0) is 18.4. The van der Waals surface area contributed by atoms with Crippen molar-refractivity contribution in [2.24, 2.45) is 0 Å². The number of sulfonamides is 1. The van der Waals surface area contributed by atoms with Gasteiger partial charge in [-0.15, -0.1) is 0 Å². The summed E-state index contributed by atoms with van der Waals surface area (Å²) in [6.45, 7) is 2.56. The van der Waals surface area contributed by atoms with Crippen LogP contribution in [0.1, 0.15) is 23.7 Å². The van der Waals surface area contributed by atoms with E-state index < -0.39 is 15.9 Å². The molecule has 0 spiro atoms. The summed E-state index contributed by atoms with van der Waals surface area (Å²) in [5, 5.41) is 2.67. The van der Waals surface area contributed by atoms with Crippen molar-refractivity contribution in [1.82, 2.24) is 4.31 Å². The van der Waals surface area contributed by atoms with E-state index in [1.54, 1.807) is 42.5 Å². The van der Waals surface area contributed by atoms with Crippen molar-refractivity contribution in [3.8, 4) is 5.75 Å². The van der Waals surface area contributed by atoms with Gasteiger partial charge >= 0.3 is 0 Å². The highest BCUT2D eigenvalue weighted by Gasteiger charge is 2.22. The van der Waals surface area contributed by atoms with E-state index in [2.05, 4.69) is 5.32 Å². The van der Waals surface area contributed by atoms with Crippen LogP contribution in [0.4, 0.5) is 5.69 Å². The van der Waals surface area contributed by atoms with Gasteiger partial charge in [-0.1, -0.05) is 25.1 Å². The number of carbonyl (C=O) groups excluding carboxylic acids is 1.